The molecule has 1 aromatic heterocycles. The van der Waals surface area contributed by atoms with Gasteiger partial charge in [-0.25, -0.2) is 4.79 Å². The summed E-state index contributed by atoms with van der Waals surface area (Å²) in [4.78, 5) is 25.0. The number of carbonyl (C=O) groups excluding carboxylic acids is 1. The van der Waals surface area contributed by atoms with Gasteiger partial charge in [-0.1, -0.05) is 11.6 Å². The van der Waals surface area contributed by atoms with Crippen LogP contribution in [0.1, 0.15) is 10.4 Å². The molecular formula is C25H19ClO6. The van der Waals surface area contributed by atoms with Crippen LogP contribution in [0.4, 0.5) is 0 Å². The van der Waals surface area contributed by atoms with E-state index in [1.54, 1.807) is 73.8 Å². The zero-order valence-electron chi connectivity index (χ0n) is 17.4. The minimum atomic E-state index is -0.529. The molecule has 0 aliphatic carbocycles. The molecular weight excluding hydrogens is 432 g/mol. The standard InChI is InChI=1S/C25H19ClO6/c1-29-18-9-10-23(30-2)20(12-18)21-11-16-5-8-19(13-24(16)32-25(21)28)31-14-22(27)15-3-6-17(26)7-4-15/h3-13H,14H2,1-2H3. The van der Waals surface area contributed by atoms with Crippen molar-refractivity contribution in [2.45, 2.75) is 0 Å². The lowest BCUT2D eigenvalue weighted by molar-refractivity contribution is 0.0921. The van der Waals surface area contributed by atoms with E-state index in [1.807, 2.05) is 0 Å². The van der Waals surface area contributed by atoms with Crippen LogP contribution < -0.4 is 19.8 Å². The van der Waals surface area contributed by atoms with Crippen molar-refractivity contribution >= 4 is 28.4 Å². The molecule has 0 unspecified atom stereocenters. The Morgan fingerprint density at radius 1 is 0.875 bits per heavy atom. The highest BCUT2D eigenvalue weighted by Crippen LogP contribution is 2.33. The summed E-state index contributed by atoms with van der Waals surface area (Å²) in [6.07, 6.45) is 0. The van der Waals surface area contributed by atoms with Gasteiger partial charge >= 0.3 is 5.63 Å². The summed E-state index contributed by atoms with van der Waals surface area (Å²) < 4.78 is 21.8. The van der Waals surface area contributed by atoms with Crippen LogP contribution in [0.2, 0.25) is 5.02 Å². The number of methoxy groups -OCH3 is 2. The minimum Gasteiger partial charge on any atom is -0.497 e. The Morgan fingerprint density at radius 2 is 1.62 bits per heavy atom. The number of carbonyl (C=O) groups is 1. The summed E-state index contributed by atoms with van der Waals surface area (Å²) in [6, 6.07) is 18.6. The predicted molar refractivity (Wildman–Crippen MR) is 122 cm³/mol. The number of fused-ring (bicyclic) bond motifs is 1. The van der Waals surface area contributed by atoms with Crippen molar-refractivity contribution in [3.05, 3.63) is 87.7 Å². The van der Waals surface area contributed by atoms with Gasteiger partial charge in [0.15, 0.2) is 12.4 Å². The SMILES string of the molecule is COc1ccc(OC)c(-c2cc3ccc(OCC(=O)c4ccc(Cl)cc4)cc3oc2=O)c1. The number of benzene rings is 3. The number of hydrogen-bond donors (Lipinski definition) is 0. The highest BCUT2D eigenvalue weighted by Gasteiger charge is 2.15. The molecule has 6 nitrogen and oxygen atoms in total. The Hall–Kier alpha value is -3.77. The first-order valence-corrected chi connectivity index (χ1v) is 10.1. The number of halogens is 1. The summed E-state index contributed by atoms with van der Waals surface area (Å²) in [5.74, 6) is 1.34. The van der Waals surface area contributed by atoms with Crippen LogP contribution in [0.5, 0.6) is 17.2 Å². The second-order valence-electron chi connectivity index (χ2n) is 6.93. The van der Waals surface area contributed by atoms with Crippen LogP contribution >= 0.6 is 11.6 Å². The molecule has 0 saturated heterocycles. The zero-order valence-corrected chi connectivity index (χ0v) is 18.1. The van der Waals surface area contributed by atoms with E-state index in [4.69, 9.17) is 30.2 Å². The van der Waals surface area contributed by atoms with E-state index < -0.39 is 5.63 Å². The molecule has 0 amide bonds. The number of hydrogen-bond acceptors (Lipinski definition) is 6. The van der Waals surface area contributed by atoms with Crippen molar-refractivity contribution in [1.82, 2.24) is 0 Å². The molecule has 0 atom stereocenters. The summed E-state index contributed by atoms with van der Waals surface area (Å²) in [6.45, 7) is -0.156. The van der Waals surface area contributed by atoms with Crippen LogP contribution in [-0.2, 0) is 0 Å². The van der Waals surface area contributed by atoms with E-state index >= 15 is 0 Å². The second kappa shape index (κ2) is 9.16. The minimum absolute atomic E-state index is 0.156. The quantitative estimate of drug-likeness (QED) is 0.277. The third-order valence-electron chi connectivity index (χ3n) is 4.94. The topological polar surface area (TPSA) is 75.0 Å². The summed E-state index contributed by atoms with van der Waals surface area (Å²) in [7, 11) is 3.08. The lowest BCUT2D eigenvalue weighted by Crippen LogP contribution is -2.11. The normalized spacial score (nSPS) is 10.7. The third kappa shape index (κ3) is 4.45. The fraction of sp³-hybridized carbons (Fsp3) is 0.120. The van der Waals surface area contributed by atoms with E-state index in [-0.39, 0.29) is 12.4 Å². The van der Waals surface area contributed by atoms with E-state index in [0.717, 1.165) is 0 Å². The fourth-order valence-corrected chi connectivity index (χ4v) is 3.39. The maximum absolute atomic E-state index is 12.7. The maximum atomic E-state index is 12.7. The van der Waals surface area contributed by atoms with Gasteiger partial charge in [-0.3, -0.25) is 4.79 Å². The van der Waals surface area contributed by atoms with Gasteiger partial charge in [0.2, 0.25) is 0 Å². The molecule has 3 aromatic carbocycles. The molecule has 0 radical (unpaired) electrons. The van der Waals surface area contributed by atoms with Gasteiger partial charge in [0.1, 0.15) is 22.8 Å². The smallest absolute Gasteiger partial charge is 0.344 e. The van der Waals surface area contributed by atoms with Crippen molar-refractivity contribution in [2.24, 2.45) is 0 Å². The molecule has 4 aromatic rings. The van der Waals surface area contributed by atoms with Crippen molar-refractivity contribution < 1.29 is 23.4 Å². The van der Waals surface area contributed by atoms with E-state index in [0.29, 0.717) is 49.9 Å². The maximum Gasteiger partial charge on any atom is 0.344 e. The van der Waals surface area contributed by atoms with Gasteiger partial charge in [-0.15, -0.1) is 0 Å². The number of ether oxygens (including phenoxy) is 3. The van der Waals surface area contributed by atoms with Gasteiger partial charge in [-0.2, -0.15) is 0 Å². The van der Waals surface area contributed by atoms with Gasteiger partial charge in [-0.05, 0) is 60.7 Å². The van der Waals surface area contributed by atoms with E-state index in [2.05, 4.69) is 0 Å². The number of Topliss-reactive ketones (excluding diaryl/α,β-unsaturated/α-hetero) is 1. The van der Waals surface area contributed by atoms with Crippen molar-refractivity contribution in [1.29, 1.82) is 0 Å². The molecule has 0 saturated carbocycles. The molecule has 32 heavy (non-hydrogen) atoms. The molecule has 1 heterocycles. The Morgan fingerprint density at radius 3 is 2.34 bits per heavy atom. The Labute approximate surface area is 188 Å². The largest absolute Gasteiger partial charge is 0.497 e. The zero-order chi connectivity index (χ0) is 22.7. The van der Waals surface area contributed by atoms with Gasteiger partial charge in [0, 0.05) is 27.6 Å². The summed E-state index contributed by atoms with van der Waals surface area (Å²) in [5.41, 5.74) is 1.23. The lowest BCUT2D eigenvalue weighted by Gasteiger charge is -2.11. The molecule has 162 valence electrons. The first kappa shape index (κ1) is 21.5. The number of ketones is 1. The van der Waals surface area contributed by atoms with Crippen LogP contribution in [0.15, 0.2) is 75.9 Å². The number of rotatable bonds is 7. The summed E-state index contributed by atoms with van der Waals surface area (Å²) in [5, 5.41) is 1.25. The molecule has 0 aliphatic rings. The van der Waals surface area contributed by atoms with Crippen LogP contribution in [-0.4, -0.2) is 26.6 Å². The second-order valence-corrected chi connectivity index (χ2v) is 7.37. The summed E-state index contributed by atoms with van der Waals surface area (Å²) >= 11 is 5.85. The van der Waals surface area contributed by atoms with E-state index in [1.165, 1.54) is 7.11 Å². The molecule has 0 aliphatic heterocycles. The Kier molecular flexibility index (Phi) is 6.14. The van der Waals surface area contributed by atoms with Gasteiger partial charge in [0.25, 0.3) is 0 Å². The molecule has 0 N–H and O–H groups in total. The first-order valence-electron chi connectivity index (χ1n) is 9.70. The molecule has 4 rings (SSSR count). The van der Waals surface area contributed by atoms with Crippen molar-refractivity contribution in [2.75, 3.05) is 20.8 Å². The lowest BCUT2D eigenvalue weighted by atomic mass is 10.0. The predicted octanol–water partition coefficient (Wildman–Crippen LogP) is 5.39. The average molecular weight is 451 g/mol. The fourth-order valence-electron chi connectivity index (χ4n) is 3.26. The van der Waals surface area contributed by atoms with Crippen LogP contribution in [0.3, 0.4) is 0 Å². The Balaban J connectivity index is 1.61. The highest BCUT2D eigenvalue weighted by molar-refractivity contribution is 6.30. The monoisotopic (exact) mass is 450 g/mol. The molecule has 0 spiro atoms. The van der Waals surface area contributed by atoms with Crippen LogP contribution in [0.25, 0.3) is 22.1 Å². The average Bonchev–Trinajstić information content (AvgIpc) is 2.82. The highest BCUT2D eigenvalue weighted by atomic mass is 35.5. The van der Waals surface area contributed by atoms with Crippen molar-refractivity contribution in [3.63, 3.8) is 0 Å². The molecule has 7 heteroatoms. The van der Waals surface area contributed by atoms with Gasteiger partial charge < -0.3 is 18.6 Å². The molecule has 0 bridgehead atoms. The van der Waals surface area contributed by atoms with Crippen molar-refractivity contribution in [3.8, 4) is 28.4 Å². The Bertz CT molecular complexity index is 1340. The molecule has 0 fully saturated rings. The van der Waals surface area contributed by atoms with Crippen LogP contribution in [0, 0.1) is 0 Å². The van der Waals surface area contributed by atoms with E-state index in [9.17, 15) is 9.59 Å². The van der Waals surface area contributed by atoms with Gasteiger partial charge in [0.05, 0.1) is 19.8 Å². The third-order valence-corrected chi connectivity index (χ3v) is 5.19. The first-order chi connectivity index (χ1) is 15.5.